The van der Waals surface area contributed by atoms with E-state index in [4.69, 9.17) is 10.2 Å². The van der Waals surface area contributed by atoms with Gasteiger partial charge in [0.05, 0.1) is 0 Å². The van der Waals surface area contributed by atoms with Crippen LogP contribution < -0.4 is 5.32 Å². The summed E-state index contributed by atoms with van der Waals surface area (Å²) in [6, 6.07) is 4.47. The highest BCUT2D eigenvalue weighted by Crippen LogP contribution is 2.08. The lowest BCUT2D eigenvalue weighted by molar-refractivity contribution is -0.142. The van der Waals surface area contributed by atoms with Crippen molar-refractivity contribution in [3.63, 3.8) is 0 Å². The van der Waals surface area contributed by atoms with Crippen molar-refractivity contribution in [2.24, 2.45) is 0 Å². The van der Waals surface area contributed by atoms with Crippen LogP contribution in [0.1, 0.15) is 18.4 Å². The van der Waals surface area contributed by atoms with E-state index in [0.29, 0.717) is 0 Å². The molecular weight excluding hydrogens is 281 g/mol. The first-order valence-corrected chi connectivity index (χ1v) is 6.08. The molecule has 1 aromatic carbocycles. The van der Waals surface area contributed by atoms with Crippen molar-refractivity contribution in [2.45, 2.75) is 18.9 Å². The molecule has 1 rings (SSSR count). The van der Waals surface area contributed by atoms with Crippen LogP contribution in [0.15, 0.2) is 30.3 Å². The van der Waals surface area contributed by atoms with Crippen molar-refractivity contribution in [1.82, 2.24) is 5.32 Å². The molecule has 0 fully saturated rings. The molecule has 0 saturated carbocycles. The molecule has 0 bridgehead atoms. The van der Waals surface area contributed by atoms with Crippen LogP contribution >= 0.6 is 0 Å². The van der Waals surface area contributed by atoms with Crippen molar-refractivity contribution < 1.29 is 29.0 Å². The Morgan fingerprint density at radius 1 is 1.24 bits per heavy atom. The fraction of sp³-hybridized carbons (Fsp3) is 0.214. The minimum atomic E-state index is -1.33. The van der Waals surface area contributed by atoms with Crippen molar-refractivity contribution in [1.29, 1.82) is 0 Å². The Kier molecular flexibility index (Phi) is 6.06. The van der Waals surface area contributed by atoms with Crippen molar-refractivity contribution >= 4 is 23.9 Å². The predicted octanol–water partition coefficient (Wildman–Crippen LogP) is 1.27. The maximum Gasteiger partial charge on any atom is 0.326 e. The highest BCUT2D eigenvalue weighted by Gasteiger charge is 2.19. The van der Waals surface area contributed by atoms with Crippen molar-refractivity contribution in [3.8, 4) is 0 Å². The van der Waals surface area contributed by atoms with Crippen LogP contribution in [0.5, 0.6) is 0 Å². The number of nitrogens with one attached hydrogen (secondary N) is 1. The topological polar surface area (TPSA) is 104 Å². The van der Waals surface area contributed by atoms with E-state index in [1.807, 2.05) is 0 Å². The van der Waals surface area contributed by atoms with E-state index >= 15 is 0 Å². The summed E-state index contributed by atoms with van der Waals surface area (Å²) in [6.45, 7) is 0. The van der Waals surface area contributed by atoms with E-state index in [0.717, 1.165) is 6.08 Å². The maximum atomic E-state index is 13.3. The summed E-state index contributed by atoms with van der Waals surface area (Å²) in [4.78, 5) is 32.8. The number of carbonyl (C=O) groups excluding carboxylic acids is 1. The van der Waals surface area contributed by atoms with Gasteiger partial charge < -0.3 is 15.5 Å². The predicted molar refractivity (Wildman–Crippen MR) is 71.9 cm³/mol. The Bertz CT molecular complexity index is 570. The Morgan fingerprint density at radius 3 is 2.48 bits per heavy atom. The van der Waals surface area contributed by atoms with Crippen LogP contribution in [-0.2, 0) is 14.4 Å². The number of benzene rings is 1. The van der Waals surface area contributed by atoms with Gasteiger partial charge in [-0.25, -0.2) is 9.18 Å². The normalized spacial score (nSPS) is 12.0. The number of halogens is 1. The Hall–Kier alpha value is -2.70. The highest BCUT2D eigenvalue weighted by molar-refractivity contribution is 5.94. The van der Waals surface area contributed by atoms with Gasteiger partial charge in [-0.1, -0.05) is 18.2 Å². The third kappa shape index (κ3) is 5.85. The van der Waals surface area contributed by atoms with Gasteiger partial charge in [-0.2, -0.15) is 0 Å². The molecular formula is C14H14FNO5. The van der Waals surface area contributed by atoms with Crippen LogP contribution in [0.3, 0.4) is 0 Å². The first kappa shape index (κ1) is 16.4. The SMILES string of the molecule is O=C(O)CC[C@H](NC(=O)C=Cc1ccccc1F)C(=O)O. The number of carbonyl (C=O) groups is 3. The number of carboxylic acids is 2. The smallest absolute Gasteiger partial charge is 0.326 e. The molecule has 0 radical (unpaired) electrons. The van der Waals surface area contributed by atoms with E-state index in [1.54, 1.807) is 6.07 Å². The number of amides is 1. The van der Waals surface area contributed by atoms with Crippen LogP contribution in [-0.4, -0.2) is 34.1 Å². The minimum absolute atomic E-state index is 0.185. The molecule has 1 amide bonds. The molecule has 7 heteroatoms. The zero-order valence-corrected chi connectivity index (χ0v) is 11.0. The third-order valence-electron chi connectivity index (χ3n) is 2.58. The number of aliphatic carboxylic acids is 2. The van der Waals surface area contributed by atoms with Gasteiger partial charge in [0.1, 0.15) is 11.9 Å². The summed E-state index contributed by atoms with van der Waals surface area (Å²) >= 11 is 0. The number of rotatable bonds is 7. The van der Waals surface area contributed by atoms with E-state index < -0.39 is 29.7 Å². The summed E-state index contributed by atoms with van der Waals surface area (Å²) in [7, 11) is 0. The first-order valence-electron chi connectivity index (χ1n) is 6.08. The summed E-state index contributed by atoms with van der Waals surface area (Å²) in [5.74, 6) is -3.74. The van der Waals surface area contributed by atoms with Crippen molar-refractivity contribution in [3.05, 3.63) is 41.7 Å². The molecule has 1 atom stereocenters. The Morgan fingerprint density at radius 2 is 1.90 bits per heavy atom. The average Bonchev–Trinajstić information content (AvgIpc) is 2.42. The second-order valence-corrected chi connectivity index (χ2v) is 4.19. The quantitative estimate of drug-likeness (QED) is 0.657. The van der Waals surface area contributed by atoms with Gasteiger partial charge in [-0.3, -0.25) is 9.59 Å². The molecule has 0 unspecified atom stereocenters. The summed E-state index contributed by atoms with van der Waals surface area (Å²) in [5, 5.41) is 19.5. The molecule has 3 N–H and O–H groups in total. The third-order valence-corrected chi connectivity index (χ3v) is 2.58. The lowest BCUT2D eigenvalue weighted by atomic mass is 10.1. The number of hydrogen-bond acceptors (Lipinski definition) is 3. The van der Waals surface area contributed by atoms with Gasteiger partial charge in [0.15, 0.2) is 0 Å². The van der Waals surface area contributed by atoms with Crippen molar-refractivity contribution in [2.75, 3.05) is 0 Å². The van der Waals surface area contributed by atoms with Gasteiger partial charge in [0, 0.05) is 18.1 Å². The Labute approximate surface area is 119 Å². The van der Waals surface area contributed by atoms with Gasteiger partial charge in [0.25, 0.3) is 0 Å². The second-order valence-electron chi connectivity index (χ2n) is 4.19. The zero-order valence-electron chi connectivity index (χ0n) is 11.0. The largest absolute Gasteiger partial charge is 0.481 e. The lowest BCUT2D eigenvalue weighted by Gasteiger charge is -2.11. The summed E-state index contributed by atoms with van der Waals surface area (Å²) in [6.07, 6.45) is 1.59. The van der Waals surface area contributed by atoms with Gasteiger partial charge >= 0.3 is 11.9 Å². The molecule has 112 valence electrons. The number of carboxylic acid groups (broad SMARTS) is 2. The fourth-order valence-electron chi connectivity index (χ4n) is 1.52. The van der Waals surface area contributed by atoms with E-state index in [1.165, 1.54) is 24.3 Å². The average molecular weight is 295 g/mol. The second kappa shape index (κ2) is 7.78. The maximum absolute atomic E-state index is 13.3. The molecule has 21 heavy (non-hydrogen) atoms. The van der Waals surface area contributed by atoms with Crippen LogP contribution in [0.4, 0.5) is 4.39 Å². The molecule has 0 heterocycles. The standard InChI is InChI=1S/C14H14FNO5/c15-10-4-2-1-3-9(10)5-7-12(17)16-11(14(20)21)6-8-13(18)19/h1-5,7,11H,6,8H2,(H,16,17)(H,18,19)(H,20,21)/t11-/m0/s1. The van der Waals surface area contributed by atoms with E-state index in [9.17, 15) is 18.8 Å². The molecule has 0 spiro atoms. The highest BCUT2D eigenvalue weighted by atomic mass is 19.1. The fourth-order valence-corrected chi connectivity index (χ4v) is 1.52. The first-order chi connectivity index (χ1) is 9.90. The van der Waals surface area contributed by atoms with Crippen LogP contribution in [0, 0.1) is 5.82 Å². The Balaban J connectivity index is 2.64. The zero-order chi connectivity index (χ0) is 15.8. The molecule has 6 nitrogen and oxygen atoms in total. The summed E-state index contributed by atoms with van der Waals surface area (Å²) in [5.41, 5.74) is 0.185. The lowest BCUT2D eigenvalue weighted by Crippen LogP contribution is -2.40. The van der Waals surface area contributed by atoms with Gasteiger partial charge in [0.2, 0.25) is 5.91 Å². The summed E-state index contributed by atoms with van der Waals surface area (Å²) < 4.78 is 13.3. The van der Waals surface area contributed by atoms with E-state index in [-0.39, 0.29) is 18.4 Å². The molecule has 0 aliphatic rings. The molecule has 1 aromatic rings. The molecule has 0 saturated heterocycles. The van der Waals surface area contributed by atoms with Crippen LogP contribution in [0.25, 0.3) is 6.08 Å². The van der Waals surface area contributed by atoms with E-state index in [2.05, 4.69) is 5.32 Å². The van der Waals surface area contributed by atoms with Gasteiger partial charge in [-0.05, 0) is 18.6 Å². The number of hydrogen-bond donors (Lipinski definition) is 3. The van der Waals surface area contributed by atoms with Crippen LogP contribution in [0.2, 0.25) is 0 Å². The monoisotopic (exact) mass is 295 g/mol. The molecule has 0 aliphatic heterocycles. The van der Waals surface area contributed by atoms with Gasteiger partial charge in [-0.15, -0.1) is 0 Å². The molecule has 0 aliphatic carbocycles. The molecule has 0 aromatic heterocycles. The minimum Gasteiger partial charge on any atom is -0.481 e.